The van der Waals surface area contributed by atoms with Gasteiger partial charge in [-0.3, -0.25) is 24.1 Å². The van der Waals surface area contributed by atoms with Crippen molar-refractivity contribution in [2.45, 2.75) is 45.7 Å². The molecule has 2 fully saturated rings. The minimum absolute atomic E-state index is 0.0329. The van der Waals surface area contributed by atoms with E-state index in [4.69, 9.17) is 13.9 Å². The van der Waals surface area contributed by atoms with Crippen LogP contribution in [0.15, 0.2) is 40.8 Å². The molecule has 13 heteroatoms. The Bertz CT molecular complexity index is 1690. The molecule has 5 amide bonds. The molecule has 0 bridgehead atoms. The smallest absolute Gasteiger partial charge is 0.328 e. The van der Waals surface area contributed by atoms with Gasteiger partial charge in [-0.15, -0.1) is 0 Å². The first-order valence-electron chi connectivity index (χ1n) is 13.9. The summed E-state index contributed by atoms with van der Waals surface area (Å²) in [6.45, 7) is 4.81. The molecule has 5 heterocycles. The first-order chi connectivity index (χ1) is 20.4. The summed E-state index contributed by atoms with van der Waals surface area (Å²) < 4.78 is 16.7. The van der Waals surface area contributed by atoms with E-state index in [0.29, 0.717) is 41.2 Å². The molecule has 3 aliphatic heterocycles. The zero-order chi connectivity index (χ0) is 30.7. The molecule has 1 atom stereocenters. The van der Waals surface area contributed by atoms with E-state index in [2.05, 4.69) is 10.3 Å². The topological polar surface area (TPSA) is 152 Å². The van der Waals surface area contributed by atoms with Crippen LogP contribution in [0.5, 0.6) is 5.75 Å². The Kier molecular flexibility index (Phi) is 6.62. The number of furan rings is 1. The molecule has 2 aromatic heterocycles. The van der Waals surface area contributed by atoms with E-state index in [9.17, 15) is 24.0 Å². The second-order valence-electron chi connectivity index (χ2n) is 11.9. The predicted octanol–water partition coefficient (Wildman–Crippen LogP) is 2.91. The highest BCUT2D eigenvalue weighted by Crippen LogP contribution is 2.37. The summed E-state index contributed by atoms with van der Waals surface area (Å²) >= 11 is 0. The highest BCUT2D eigenvalue weighted by Gasteiger charge is 2.57. The number of imide groups is 1. The number of amides is 5. The molecule has 6 rings (SSSR count). The number of anilines is 1. The molecule has 13 nitrogen and oxygen atoms in total. The van der Waals surface area contributed by atoms with Crippen molar-refractivity contribution in [1.29, 1.82) is 0 Å². The van der Waals surface area contributed by atoms with Gasteiger partial charge in [-0.1, -0.05) is 6.07 Å². The average Bonchev–Trinajstić information content (AvgIpc) is 3.72. The van der Waals surface area contributed by atoms with Crippen LogP contribution in [0.1, 0.15) is 55.3 Å². The lowest BCUT2D eigenvalue weighted by molar-refractivity contribution is -0.158. The number of nitrogens with zero attached hydrogens (tertiary/aromatic N) is 4. The van der Waals surface area contributed by atoms with E-state index in [1.807, 2.05) is 0 Å². The van der Waals surface area contributed by atoms with Gasteiger partial charge < -0.3 is 24.1 Å². The van der Waals surface area contributed by atoms with Crippen molar-refractivity contribution in [3.63, 3.8) is 0 Å². The molecule has 3 aromatic rings. The Labute approximate surface area is 246 Å². The maximum absolute atomic E-state index is 14.1. The number of hydrogen-bond acceptors (Lipinski definition) is 9. The van der Waals surface area contributed by atoms with Crippen LogP contribution in [0.2, 0.25) is 0 Å². The van der Waals surface area contributed by atoms with E-state index in [-0.39, 0.29) is 30.7 Å². The third-order valence-electron chi connectivity index (χ3n) is 7.87. The van der Waals surface area contributed by atoms with Crippen molar-refractivity contribution < 1.29 is 37.9 Å². The van der Waals surface area contributed by atoms with Crippen molar-refractivity contribution in [2.75, 3.05) is 31.8 Å². The first kappa shape index (κ1) is 28.2. The molecule has 1 N–H and O–H groups in total. The van der Waals surface area contributed by atoms with Crippen molar-refractivity contribution in [2.24, 2.45) is 5.41 Å². The fourth-order valence-electron chi connectivity index (χ4n) is 5.48. The Morgan fingerprint density at radius 3 is 2.60 bits per heavy atom. The van der Waals surface area contributed by atoms with Gasteiger partial charge in [0.1, 0.15) is 22.8 Å². The fraction of sp³-hybridized carbons (Fsp3) is 0.400. The van der Waals surface area contributed by atoms with Crippen LogP contribution in [0.3, 0.4) is 0 Å². The van der Waals surface area contributed by atoms with Gasteiger partial charge in [-0.25, -0.2) is 14.7 Å². The summed E-state index contributed by atoms with van der Waals surface area (Å²) in [5.74, 6) is -0.726. The van der Waals surface area contributed by atoms with Crippen molar-refractivity contribution >= 4 is 46.6 Å². The number of fused-ring (bicyclic) bond motifs is 2. The van der Waals surface area contributed by atoms with E-state index in [1.165, 1.54) is 18.1 Å². The maximum atomic E-state index is 14.1. The van der Waals surface area contributed by atoms with Gasteiger partial charge in [-0.05, 0) is 57.0 Å². The molecular formula is C30H31N5O8. The van der Waals surface area contributed by atoms with Gasteiger partial charge in [0, 0.05) is 31.1 Å². The number of carbonyl (C=O) groups excluding carboxylic acids is 5. The van der Waals surface area contributed by atoms with E-state index in [1.54, 1.807) is 56.0 Å². The number of pyridine rings is 1. The predicted molar refractivity (Wildman–Crippen MR) is 151 cm³/mol. The SMILES string of the molecule is COc1ccc2c(c1)C(=O)N(C[C@@]1(c3cc4nc(N5CCCC5=O)ccc4o3)NC(=O)N(COC(=O)C(C)(C)C)C1=O)C2. The van der Waals surface area contributed by atoms with Gasteiger partial charge >= 0.3 is 12.0 Å². The van der Waals surface area contributed by atoms with Crippen LogP contribution >= 0.6 is 0 Å². The molecule has 2 saturated heterocycles. The van der Waals surface area contributed by atoms with Crippen LogP contribution in [0.25, 0.3) is 11.1 Å². The Morgan fingerprint density at radius 2 is 1.91 bits per heavy atom. The molecule has 3 aliphatic rings. The van der Waals surface area contributed by atoms with Crippen LogP contribution in [0, 0.1) is 5.41 Å². The lowest BCUT2D eigenvalue weighted by Crippen LogP contribution is -2.52. The van der Waals surface area contributed by atoms with E-state index in [0.717, 1.165) is 16.9 Å². The van der Waals surface area contributed by atoms with Crippen molar-refractivity contribution in [3.05, 3.63) is 53.3 Å². The number of hydrogen-bond donors (Lipinski definition) is 1. The Morgan fingerprint density at radius 1 is 1.12 bits per heavy atom. The first-order valence-corrected chi connectivity index (χ1v) is 13.9. The van der Waals surface area contributed by atoms with Crippen molar-refractivity contribution in [1.82, 2.24) is 20.1 Å². The second-order valence-corrected chi connectivity index (χ2v) is 11.9. The molecule has 0 spiro atoms. The lowest BCUT2D eigenvalue weighted by atomic mass is 9.95. The molecule has 0 unspecified atom stereocenters. The van der Waals surface area contributed by atoms with Crippen molar-refractivity contribution in [3.8, 4) is 5.75 Å². The zero-order valence-electron chi connectivity index (χ0n) is 24.3. The third kappa shape index (κ3) is 4.74. The average molecular weight is 590 g/mol. The number of nitrogens with one attached hydrogen (secondary N) is 1. The Balaban J connectivity index is 1.37. The van der Waals surface area contributed by atoms with Crippen LogP contribution in [-0.4, -0.2) is 71.4 Å². The lowest BCUT2D eigenvalue weighted by Gasteiger charge is -2.29. The Hall–Kier alpha value is -4.94. The quantitative estimate of drug-likeness (QED) is 0.324. The standard InChI is InChI=1S/C30H31N5O8/c1-29(2,3)27(39)42-16-35-26(38)30(32-28(35)40,15-33-14-17-7-8-18(41-4)12-19(17)25(33)37)22-13-20-21(43-22)9-10-23(31-20)34-11-5-6-24(34)36/h7-10,12-13H,5-6,11,14-16H2,1-4H3,(H,32,40)/t30-/m0/s1. The summed E-state index contributed by atoms with van der Waals surface area (Å²) in [6, 6.07) is 9.17. The van der Waals surface area contributed by atoms with Gasteiger partial charge in [0.2, 0.25) is 5.91 Å². The highest BCUT2D eigenvalue weighted by atomic mass is 16.5. The minimum atomic E-state index is -1.85. The maximum Gasteiger partial charge on any atom is 0.328 e. The van der Waals surface area contributed by atoms with Gasteiger partial charge in [0.15, 0.2) is 17.9 Å². The molecule has 43 heavy (non-hydrogen) atoms. The van der Waals surface area contributed by atoms with Gasteiger partial charge in [0.25, 0.3) is 11.8 Å². The highest BCUT2D eigenvalue weighted by molar-refractivity contribution is 6.08. The summed E-state index contributed by atoms with van der Waals surface area (Å²) in [4.78, 5) is 74.0. The number of carbonyl (C=O) groups is 5. The van der Waals surface area contributed by atoms with Gasteiger partial charge in [-0.2, -0.15) is 0 Å². The summed E-state index contributed by atoms with van der Waals surface area (Å²) in [6.07, 6.45) is 1.17. The minimum Gasteiger partial charge on any atom is -0.497 e. The normalized spacial score (nSPS) is 20.3. The number of aromatic nitrogens is 1. The van der Waals surface area contributed by atoms with Gasteiger partial charge in [0.05, 0.1) is 19.1 Å². The molecule has 1 aromatic carbocycles. The third-order valence-corrected chi connectivity index (χ3v) is 7.87. The number of methoxy groups -OCH3 is 1. The van der Waals surface area contributed by atoms with Crippen LogP contribution in [0.4, 0.5) is 10.6 Å². The monoisotopic (exact) mass is 589 g/mol. The number of rotatable bonds is 7. The fourth-order valence-corrected chi connectivity index (χ4v) is 5.48. The molecule has 0 saturated carbocycles. The number of urea groups is 1. The largest absolute Gasteiger partial charge is 0.497 e. The number of ether oxygens (including phenoxy) is 2. The van der Waals surface area contributed by atoms with Crippen LogP contribution < -0.4 is 15.0 Å². The number of benzene rings is 1. The zero-order valence-corrected chi connectivity index (χ0v) is 24.3. The number of esters is 1. The molecular weight excluding hydrogens is 558 g/mol. The van der Waals surface area contributed by atoms with E-state index >= 15 is 0 Å². The summed E-state index contributed by atoms with van der Waals surface area (Å²) in [5.41, 5.74) is -0.855. The molecule has 0 aliphatic carbocycles. The summed E-state index contributed by atoms with van der Waals surface area (Å²) in [5, 5.41) is 2.72. The second kappa shape index (κ2) is 10.1. The molecule has 0 radical (unpaired) electrons. The van der Waals surface area contributed by atoms with E-state index < -0.39 is 35.6 Å². The summed E-state index contributed by atoms with van der Waals surface area (Å²) in [7, 11) is 1.50. The van der Waals surface area contributed by atoms with Crippen LogP contribution in [-0.2, 0) is 31.2 Å². The molecule has 224 valence electrons.